The first-order valence-corrected chi connectivity index (χ1v) is 12.5. The van der Waals surface area contributed by atoms with Crippen LogP contribution in [0.15, 0.2) is 47.4 Å². The predicted molar refractivity (Wildman–Crippen MR) is 127 cm³/mol. The quantitative estimate of drug-likeness (QED) is 0.643. The molecule has 0 atom stereocenters. The van der Waals surface area contributed by atoms with Gasteiger partial charge in [-0.1, -0.05) is 32.0 Å². The smallest absolute Gasteiger partial charge is 0.262 e. The summed E-state index contributed by atoms with van der Waals surface area (Å²) in [5.74, 6) is 0.136. The highest BCUT2D eigenvalue weighted by Crippen LogP contribution is 2.27. The van der Waals surface area contributed by atoms with E-state index < -0.39 is 10.0 Å². The second-order valence-electron chi connectivity index (χ2n) is 8.51. The number of anilines is 1. The molecule has 9 heteroatoms. The summed E-state index contributed by atoms with van der Waals surface area (Å²) >= 11 is 0. The van der Waals surface area contributed by atoms with Crippen LogP contribution >= 0.6 is 0 Å². The number of amides is 2. The fourth-order valence-corrected chi connectivity index (χ4v) is 5.18. The van der Waals surface area contributed by atoms with E-state index >= 15 is 0 Å². The molecule has 33 heavy (non-hydrogen) atoms. The minimum atomic E-state index is -3.94. The Kier molecular flexibility index (Phi) is 7.63. The van der Waals surface area contributed by atoms with Gasteiger partial charge in [0.2, 0.25) is 5.91 Å². The number of likely N-dealkylation sites (tertiary alicyclic amines) is 1. The summed E-state index contributed by atoms with van der Waals surface area (Å²) in [7, 11) is -2.48. The zero-order valence-electron chi connectivity index (χ0n) is 19.4. The maximum absolute atomic E-state index is 13.1. The molecule has 0 unspecified atom stereocenters. The number of aryl methyl sites for hydroxylation is 1. The molecule has 1 heterocycles. The molecular weight excluding hydrogens is 442 g/mol. The van der Waals surface area contributed by atoms with E-state index in [0.717, 1.165) is 0 Å². The third kappa shape index (κ3) is 5.84. The Morgan fingerprint density at radius 1 is 1.09 bits per heavy atom. The molecule has 3 rings (SSSR count). The maximum atomic E-state index is 13.1. The van der Waals surface area contributed by atoms with Crippen molar-refractivity contribution in [1.82, 2.24) is 10.2 Å². The number of methoxy groups -OCH3 is 1. The lowest BCUT2D eigenvalue weighted by molar-refractivity contribution is -0.135. The van der Waals surface area contributed by atoms with Gasteiger partial charge in [0.15, 0.2) is 0 Å². The number of benzene rings is 2. The van der Waals surface area contributed by atoms with Crippen LogP contribution in [0.25, 0.3) is 0 Å². The summed E-state index contributed by atoms with van der Waals surface area (Å²) in [5.41, 5.74) is 1.10. The van der Waals surface area contributed by atoms with Crippen molar-refractivity contribution in [3.05, 3.63) is 53.6 Å². The van der Waals surface area contributed by atoms with Gasteiger partial charge in [-0.15, -0.1) is 0 Å². The molecule has 8 nitrogen and oxygen atoms in total. The number of piperidine rings is 1. The van der Waals surface area contributed by atoms with Crippen molar-refractivity contribution < 1.29 is 22.7 Å². The Morgan fingerprint density at radius 3 is 2.39 bits per heavy atom. The van der Waals surface area contributed by atoms with Crippen LogP contribution in [0, 0.1) is 12.8 Å². The maximum Gasteiger partial charge on any atom is 0.262 e. The van der Waals surface area contributed by atoms with Crippen LogP contribution in [0.3, 0.4) is 0 Å². The molecular formula is C24H31N3O5S. The van der Waals surface area contributed by atoms with E-state index in [4.69, 9.17) is 4.74 Å². The summed E-state index contributed by atoms with van der Waals surface area (Å²) in [6.07, 6.45) is 1.33. The van der Waals surface area contributed by atoms with Gasteiger partial charge >= 0.3 is 0 Å². The molecule has 0 aliphatic carbocycles. The highest BCUT2D eigenvalue weighted by molar-refractivity contribution is 7.92. The number of rotatable bonds is 7. The van der Waals surface area contributed by atoms with Gasteiger partial charge in [0.05, 0.1) is 17.7 Å². The molecule has 0 bridgehead atoms. The fraction of sp³-hybridized carbons (Fsp3) is 0.417. The highest BCUT2D eigenvalue weighted by atomic mass is 32.2. The van der Waals surface area contributed by atoms with Crippen LogP contribution in [0.2, 0.25) is 0 Å². The van der Waals surface area contributed by atoms with Crippen LogP contribution < -0.4 is 14.8 Å². The second kappa shape index (κ2) is 10.2. The third-order valence-corrected chi connectivity index (χ3v) is 7.23. The Balaban J connectivity index is 1.72. The van der Waals surface area contributed by atoms with E-state index in [1.807, 2.05) is 18.7 Å². The Hall–Kier alpha value is -3.07. The largest absolute Gasteiger partial charge is 0.495 e. The van der Waals surface area contributed by atoms with Crippen LogP contribution in [0.4, 0.5) is 5.69 Å². The third-order valence-electron chi connectivity index (χ3n) is 5.73. The SMILES string of the molecule is COc1ccccc1NS(=O)(=O)c1cc(C(=O)NC2CCN(C(=O)C(C)C)CC2)ccc1C. The molecule has 2 aromatic carbocycles. The number of sulfonamides is 1. The van der Waals surface area contributed by atoms with E-state index in [1.54, 1.807) is 43.3 Å². The number of para-hydroxylation sites is 2. The molecule has 0 saturated carbocycles. The standard InChI is InChI=1S/C24H31N3O5S/c1-16(2)24(29)27-13-11-19(12-14-27)25-23(28)18-10-9-17(3)22(15-18)33(30,31)26-20-7-5-6-8-21(20)32-4/h5-10,15-16,19,26H,11-14H2,1-4H3,(H,25,28). The number of hydrogen-bond acceptors (Lipinski definition) is 5. The van der Waals surface area contributed by atoms with Crippen LogP contribution in [0.5, 0.6) is 5.75 Å². The van der Waals surface area contributed by atoms with Crippen molar-refractivity contribution in [3.63, 3.8) is 0 Å². The second-order valence-corrected chi connectivity index (χ2v) is 10.2. The Bertz CT molecular complexity index is 1120. The monoisotopic (exact) mass is 473 g/mol. The van der Waals surface area contributed by atoms with Gasteiger partial charge in [-0.25, -0.2) is 8.42 Å². The minimum absolute atomic E-state index is 0.0263. The molecule has 1 saturated heterocycles. The van der Waals surface area contributed by atoms with Gasteiger partial charge in [-0.05, 0) is 49.6 Å². The summed E-state index contributed by atoms with van der Waals surface area (Å²) in [5, 5.41) is 2.98. The van der Waals surface area contributed by atoms with Gasteiger partial charge in [0, 0.05) is 30.6 Å². The van der Waals surface area contributed by atoms with Crippen molar-refractivity contribution >= 4 is 27.5 Å². The summed E-state index contributed by atoms with van der Waals surface area (Å²) in [6.45, 7) is 6.63. The van der Waals surface area contributed by atoms with Crippen molar-refractivity contribution in [3.8, 4) is 5.75 Å². The zero-order chi connectivity index (χ0) is 24.2. The fourth-order valence-electron chi connectivity index (χ4n) is 3.84. The van der Waals surface area contributed by atoms with E-state index in [2.05, 4.69) is 10.0 Å². The first-order chi connectivity index (χ1) is 15.6. The van der Waals surface area contributed by atoms with Crippen molar-refractivity contribution in [2.24, 2.45) is 5.92 Å². The number of carbonyl (C=O) groups is 2. The lowest BCUT2D eigenvalue weighted by atomic mass is 10.0. The van der Waals surface area contributed by atoms with Gasteiger partial charge in [-0.2, -0.15) is 0 Å². The van der Waals surface area contributed by atoms with Crippen molar-refractivity contribution in [2.45, 2.75) is 44.6 Å². The molecule has 2 aromatic rings. The normalized spacial score (nSPS) is 14.8. The highest BCUT2D eigenvalue weighted by Gasteiger charge is 2.26. The number of hydrogen-bond donors (Lipinski definition) is 2. The summed E-state index contributed by atoms with van der Waals surface area (Å²) in [4.78, 5) is 26.9. The van der Waals surface area contributed by atoms with Crippen LogP contribution in [-0.4, -0.2) is 51.4 Å². The zero-order valence-corrected chi connectivity index (χ0v) is 20.2. The number of nitrogens with one attached hydrogen (secondary N) is 2. The van der Waals surface area contributed by atoms with Gasteiger partial charge in [0.1, 0.15) is 5.75 Å². The molecule has 2 N–H and O–H groups in total. The lowest BCUT2D eigenvalue weighted by Gasteiger charge is -2.33. The Morgan fingerprint density at radius 2 is 1.76 bits per heavy atom. The summed E-state index contributed by atoms with van der Waals surface area (Å²) < 4.78 is 33.9. The topological polar surface area (TPSA) is 105 Å². The number of ether oxygens (including phenoxy) is 1. The molecule has 0 radical (unpaired) electrons. The predicted octanol–water partition coefficient (Wildman–Crippen LogP) is 3.18. The van der Waals surface area contributed by atoms with Crippen LogP contribution in [-0.2, 0) is 14.8 Å². The Labute approximate surface area is 195 Å². The average molecular weight is 474 g/mol. The van der Waals surface area contributed by atoms with E-state index in [9.17, 15) is 18.0 Å². The van der Waals surface area contributed by atoms with E-state index in [1.165, 1.54) is 13.2 Å². The van der Waals surface area contributed by atoms with E-state index in [0.29, 0.717) is 42.9 Å². The van der Waals surface area contributed by atoms with Crippen molar-refractivity contribution in [2.75, 3.05) is 24.9 Å². The first-order valence-electron chi connectivity index (χ1n) is 11.0. The average Bonchev–Trinajstić information content (AvgIpc) is 2.79. The molecule has 178 valence electrons. The molecule has 2 amide bonds. The number of carbonyl (C=O) groups excluding carboxylic acids is 2. The molecule has 0 aromatic heterocycles. The molecule has 1 aliphatic rings. The first kappa shape index (κ1) is 24.6. The summed E-state index contributed by atoms with van der Waals surface area (Å²) in [6, 6.07) is 11.3. The van der Waals surface area contributed by atoms with Gasteiger partial charge in [-0.3, -0.25) is 14.3 Å². The molecule has 1 fully saturated rings. The lowest BCUT2D eigenvalue weighted by Crippen LogP contribution is -2.47. The van der Waals surface area contributed by atoms with Gasteiger partial charge in [0.25, 0.3) is 15.9 Å². The molecule has 1 aliphatic heterocycles. The van der Waals surface area contributed by atoms with E-state index in [-0.39, 0.29) is 34.2 Å². The minimum Gasteiger partial charge on any atom is -0.495 e. The van der Waals surface area contributed by atoms with Crippen LogP contribution in [0.1, 0.15) is 42.6 Å². The van der Waals surface area contributed by atoms with Gasteiger partial charge < -0.3 is 15.0 Å². The number of nitrogens with zero attached hydrogens (tertiary/aromatic N) is 1. The molecule has 0 spiro atoms. The van der Waals surface area contributed by atoms with Crippen molar-refractivity contribution in [1.29, 1.82) is 0 Å².